The molecule has 0 spiro atoms. The van der Waals surface area contributed by atoms with E-state index < -0.39 is 0 Å². The molecule has 64 valence electrons. The van der Waals surface area contributed by atoms with Gasteiger partial charge in [0, 0.05) is 0 Å². The van der Waals surface area contributed by atoms with E-state index in [1.165, 1.54) is 32.1 Å². The maximum atomic E-state index is 2.47. The molecule has 0 N–H and O–H groups in total. The van der Waals surface area contributed by atoms with Crippen LogP contribution in [-0.4, -0.2) is 0 Å². The Morgan fingerprint density at radius 2 is 1.18 bits per heavy atom. The summed E-state index contributed by atoms with van der Waals surface area (Å²) in [6.07, 6.45) is 7.60. The fraction of sp³-hybridized carbons (Fsp3) is 1.00. The van der Waals surface area contributed by atoms with Crippen molar-refractivity contribution in [2.75, 3.05) is 0 Å². The van der Waals surface area contributed by atoms with Gasteiger partial charge >= 0.3 is 0 Å². The maximum absolute atomic E-state index is 2.47. The van der Waals surface area contributed by atoms with Gasteiger partial charge in [-0.15, -0.1) is 0 Å². The van der Waals surface area contributed by atoms with Crippen LogP contribution < -0.4 is 0 Å². The van der Waals surface area contributed by atoms with Crippen LogP contribution in [0.2, 0.25) is 0 Å². The first-order chi connectivity index (χ1) is 5.29. The van der Waals surface area contributed by atoms with Crippen molar-refractivity contribution in [3.05, 3.63) is 0 Å². The van der Waals surface area contributed by atoms with E-state index in [4.69, 9.17) is 0 Å². The van der Waals surface area contributed by atoms with Crippen LogP contribution >= 0.6 is 0 Å². The second-order valence-corrected chi connectivity index (χ2v) is 4.79. The first kappa shape index (κ1) is 7.64. The van der Waals surface area contributed by atoms with Crippen molar-refractivity contribution >= 4 is 0 Å². The van der Waals surface area contributed by atoms with Gasteiger partial charge in [-0.05, 0) is 36.5 Å². The summed E-state index contributed by atoms with van der Waals surface area (Å²) in [7, 11) is 0. The van der Waals surface area contributed by atoms with Crippen LogP contribution in [0, 0.1) is 23.7 Å². The lowest BCUT2D eigenvalue weighted by Crippen LogP contribution is -2.27. The van der Waals surface area contributed by atoms with Crippen molar-refractivity contribution in [3.63, 3.8) is 0 Å². The van der Waals surface area contributed by atoms with E-state index in [-0.39, 0.29) is 0 Å². The Bertz CT molecular complexity index is 123. The average molecular weight is 152 g/mol. The minimum atomic E-state index is 1.04. The molecule has 2 saturated carbocycles. The van der Waals surface area contributed by atoms with Gasteiger partial charge in [0.05, 0.1) is 0 Å². The monoisotopic (exact) mass is 152 g/mol. The molecule has 4 atom stereocenters. The fourth-order valence-electron chi connectivity index (χ4n) is 3.38. The molecule has 0 radical (unpaired) electrons. The second kappa shape index (κ2) is 2.80. The highest BCUT2D eigenvalue weighted by Crippen LogP contribution is 2.47. The Balaban J connectivity index is 2.08. The van der Waals surface area contributed by atoms with Gasteiger partial charge in [0.2, 0.25) is 0 Å². The Morgan fingerprint density at radius 1 is 0.727 bits per heavy atom. The smallest absolute Gasteiger partial charge is 0.0358 e. The van der Waals surface area contributed by atoms with E-state index in [1.807, 2.05) is 0 Å². The van der Waals surface area contributed by atoms with Gasteiger partial charge in [0.25, 0.3) is 0 Å². The third-order valence-corrected chi connectivity index (χ3v) is 4.16. The van der Waals surface area contributed by atoms with Gasteiger partial charge in [-0.1, -0.05) is 33.1 Å². The third kappa shape index (κ3) is 1.21. The van der Waals surface area contributed by atoms with E-state index in [2.05, 4.69) is 13.8 Å². The minimum Gasteiger partial charge on any atom is -0.0622 e. The molecule has 0 heterocycles. The van der Waals surface area contributed by atoms with Crippen molar-refractivity contribution in [3.8, 4) is 0 Å². The standard InChI is InChI=1S/C11H20/c1-8-6-7-9(2)11-5-3-4-10(8)11/h8-11H,3-7H2,1-2H3/t8-,9?,10+,11+/m1/s1. The molecule has 11 heavy (non-hydrogen) atoms. The molecule has 2 aliphatic rings. The summed E-state index contributed by atoms with van der Waals surface area (Å²) >= 11 is 0. The van der Waals surface area contributed by atoms with Crippen molar-refractivity contribution < 1.29 is 0 Å². The zero-order valence-corrected chi connectivity index (χ0v) is 7.84. The summed E-state index contributed by atoms with van der Waals surface area (Å²) < 4.78 is 0. The summed E-state index contributed by atoms with van der Waals surface area (Å²) in [5.74, 6) is 4.30. The zero-order valence-electron chi connectivity index (χ0n) is 7.84. The molecular weight excluding hydrogens is 132 g/mol. The molecule has 2 rings (SSSR count). The highest BCUT2D eigenvalue weighted by atomic mass is 14.4. The van der Waals surface area contributed by atoms with Crippen LogP contribution in [0.5, 0.6) is 0 Å². The largest absolute Gasteiger partial charge is 0.0622 e. The summed E-state index contributed by atoms with van der Waals surface area (Å²) in [4.78, 5) is 0. The van der Waals surface area contributed by atoms with Crippen LogP contribution in [0.3, 0.4) is 0 Å². The van der Waals surface area contributed by atoms with Crippen molar-refractivity contribution in [2.24, 2.45) is 23.7 Å². The molecule has 0 aromatic carbocycles. The molecule has 0 aromatic heterocycles. The van der Waals surface area contributed by atoms with Gasteiger partial charge in [-0.3, -0.25) is 0 Å². The van der Waals surface area contributed by atoms with Crippen molar-refractivity contribution in [1.82, 2.24) is 0 Å². The molecule has 0 aliphatic heterocycles. The first-order valence-corrected chi connectivity index (χ1v) is 5.29. The molecule has 0 nitrogen and oxygen atoms in total. The van der Waals surface area contributed by atoms with Gasteiger partial charge in [0.1, 0.15) is 0 Å². The van der Waals surface area contributed by atoms with E-state index in [0.29, 0.717) is 0 Å². The van der Waals surface area contributed by atoms with Crippen LogP contribution in [0.4, 0.5) is 0 Å². The highest BCUT2D eigenvalue weighted by molar-refractivity contribution is 4.88. The molecule has 0 bridgehead atoms. The fourth-order valence-corrected chi connectivity index (χ4v) is 3.38. The van der Waals surface area contributed by atoms with Crippen molar-refractivity contribution in [2.45, 2.75) is 46.0 Å². The number of hydrogen-bond donors (Lipinski definition) is 0. The van der Waals surface area contributed by atoms with Gasteiger partial charge in [0.15, 0.2) is 0 Å². The Kier molecular flexibility index (Phi) is 1.95. The predicted octanol–water partition coefficient (Wildman–Crippen LogP) is 3.47. The predicted molar refractivity (Wildman–Crippen MR) is 48.4 cm³/mol. The Labute approximate surface area is 70.4 Å². The topological polar surface area (TPSA) is 0 Å². The molecule has 0 aromatic rings. The van der Waals surface area contributed by atoms with E-state index >= 15 is 0 Å². The minimum absolute atomic E-state index is 1.04. The Hall–Kier alpha value is 0. The van der Waals surface area contributed by atoms with Crippen LogP contribution in [0.15, 0.2) is 0 Å². The zero-order chi connectivity index (χ0) is 7.84. The molecule has 2 aliphatic carbocycles. The summed E-state index contributed by atoms with van der Waals surface area (Å²) in [6, 6.07) is 0. The second-order valence-electron chi connectivity index (χ2n) is 4.79. The van der Waals surface area contributed by atoms with E-state index in [9.17, 15) is 0 Å². The summed E-state index contributed by atoms with van der Waals surface area (Å²) in [5.41, 5.74) is 0. The van der Waals surface area contributed by atoms with Gasteiger partial charge < -0.3 is 0 Å². The normalized spacial score (nSPS) is 50.7. The van der Waals surface area contributed by atoms with Crippen LogP contribution in [0.25, 0.3) is 0 Å². The molecular formula is C11H20. The number of hydrogen-bond acceptors (Lipinski definition) is 0. The lowest BCUT2D eigenvalue weighted by Gasteiger charge is -2.36. The molecule has 0 amide bonds. The lowest BCUT2D eigenvalue weighted by molar-refractivity contribution is 0.137. The molecule has 1 unspecified atom stereocenters. The van der Waals surface area contributed by atoms with E-state index in [1.54, 1.807) is 0 Å². The first-order valence-electron chi connectivity index (χ1n) is 5.29. The third-order valence-electron chi connectivity index (χ3n) is 4.16. The van der Waals surface area contributed by atoms with E-state index in [0.717, 1.165) is 23.7 Å². The summed E-state index contributed by atoms with van der Waals surface area (Å²) in [6.45, 7) is 4.93. The average Bonchev–Trinajstić information content (AvgIpc) is 2.45. The number of rotatable bonds is 0. The molecule has 2 fully saturated rings. The lowest BCUT2D eigenvalue weighted by atomic mass is 9.69. The van der Waals surface area contributed by atoms with Gasteiger partial charge in [-0.25, -0.2) is 0 Å². The van der Waals surface area contributed by atoms with Crippen molar-refractivity contribution in [1.29, 1.82) is 0 Å². The van der Waals surface area contributed by atoms with Crippen LogP contribution in [-0.2, 0) is 0 Å². The molecule has 0 saturated heterocycles. The quantitative estimate of drug-likeness (QED) is 0.498. The SMILES string of the molecule is CC1CC[C@@H](C)[C@@H]2CCC[C@@H]12. The van der Waals surface area contributed by atoms with Crippen LogP contribution in [0.1, 0.15) is 46.0 Å². The Morgan fingerprint density at radius 3 is 1.64 bits per heavy atom. The molecule has 0 heteroatoms. The number of fused-ring (bicyclic) bond motifs is 1. The summed E-state index contributed by atoms with van der Waals surface area (Å²) in [5, 5.41) is 0. The maximum Gasteiger partial charge on any atom is -0.0358 e. The van der Waals surface area contributed by atoms with Gasteiger partial charge in [-0.2, -0.15) is 0 Å². The highest BCUT2D eigenvalue weighted by Gasteiger charge is 2.37.